The fraction of sp³-hybridized carbons (Fsp3) is 0.308. The minimum atomic E-state index is -3.47. The van der Waals surface area contributed by atoms with Crippen LogP contribution in [0.1, 0.15) is 12.0 Å². The fourth-order valence-corrected chi connectivity index (χ4v) is 4.50. The molecule has 0 spiro atoms. The molecule has 1 heterocycles. The van der Waals surface area contributed by atoms with Gasteiger partial charge in [0, 0.05) is 13.6 Å². The van der Waals surface area contributed by atoms with Gasteiger partial charge in [-0.15, -0.1) is 0 Å². The van der Waals surface area contributed by atoms with Crippen molar-refractivity contribution in [3.8, 4) is 0 Å². The van der Waals surface area contributed by atoms with Gasteiger partial charge in [0.2, 0.25) is 0 Å². The molecule has 0 aliphatic carbocycles. The van der Waals surface area contributed by atoms with Crippen LogP contribution in [-0.4, -0.2) is 31.3 Å². The molecule has 108 valence electrons. The van der Waals surface area contributed by atoms with E-state index in [1.807, 2.05) is 30.3 Å². The average Bonchev–Trinajstić information content (AvgIpc) is 2.87. The Balaban J connectivity index is 1.93. The van der Waals surface area contributed by atoms with Crippen LogP contribution in [-0.2, 0) is 16.4 Å². The maximum absolute atomic E-state index is 12.2. The van der Waals surface area contributed by atoms with Crippen molar-refractivity contribution in [2.45, 2.75) is 17.1 Å². The number of halogens is 1. The molecule has 2 aromatic rings. The van der Waals surface area contributed by atoms with E-state index in [1.54, 1.807) is 7.05 Å². The number of thiazole rings is 1. The summed E-state index contributed by atoms with van der Waals surface area (Å²) in [5.41, 5.74) is 1.21. The first-order valence-corrected chi connectivity index (χ1v) is 8.75. The molecule has 7 heteroatoms. The molecule has 0 aliphatic rings. The van der Waals surface area contributed by atoms with Crippen molar-refractivity contribution in [1.29, 1.82) is 0 Å². The number of nitrogens with zero attached hydrogens (tertiary/aromatic N) is 2. The second-order valence-electron chi connectivity index (χ2n) is 4.35. The molecule has 0 N–H and O–H groups in total. The molecule has 0 radical (unpaired) electrons. The molecule has 0 saturated carbocycles. The van der Waals surface area contributed by atoms with E-state index in [0.717, 1.165) is 24.2 Å². The molecule has 0 aliphatic heterocycles. The molecular weight excluding hydrogens is 316 g/mol. The molecule has 20 heavy (non-hydrogen) atoms. The summed E-state index contributed by atoms with van der Waals surface area (Å²) in [7, 11) is -1.89. The summed E-state index contributed by atoms with van der Waals surface area (Å²) in [6, 6.07) is 10.0. The maximum atomic E-state index is 12.2. The fourth-order valence-electron chi connectivity index (χ4n) is 1.78. The highest BCUT2D eigenvalue weighted by atomic mass is 35.5. The van der Waals surface area contributed by atoms with E-state index >= 15 is 0 Å². The molecular formula is C13H15ClN2O2S2. The first-order chi connectivity index (χ1) is 9.50. The van der Waals surface area contributed by atoms with Gasteiger partial charge in [0.15, 0.2) is 8.68 Å². The van der Waals surface area contributed by atoms with Gasteiger partial charge in [-0.1, -0.05) is 53.3 Å². The first-order valence-electron chi connectivity index (χ1n) is 6.12. The predicted octanol–water partition coefficient (Wildman–Crippen LogP) is 3.05. The smallest absolute Gasteiger partial charge is 0.232 e. The van der Waals surface area contributed by atoms with Gasteiger partial charge in [-0.2, -0.15) is 0 Å². The lowest BCUT2D eigenvalue weighted by atomic mass is 10.1. The topological polar surface area (TPSA) is 50.3 Å². The summed E-state index contributed by atoms with van der Waals surface area (Å²) in [6.07, 6.45) is 2.92. The zero-order valence-corrected chi connectivity index (χ0v) is 13.4. The van der Waals surface area contributed by atoms with Gasteiger partial charge in [0.1, 0.15) is 0 Å². The molecule has 2 rings (SSSR count). The Morgan fingerprint density at radius 3 is 2.60 bits per heavy atom. The Labute approximate surface area is 128 Å². The molecule has 0 atom stereocenters. The molecule has 0 fully saturated rings. The minimum absolute atomic E-state index is 0.185. The van der Waals surface area contributed by atoms with Gasteiger partial charge in [-0.25, -0.2) is 17.7 Å². The third-order valence-electron chi connectivity index (χ3n) is 2.90. The number of hydrogen-bond donors (Lipinski definition) is 0. The summed E-state index contributed by atoms with van der Waals surface area (Å²) in [5.74, 6) is 0. The van der Waals surface area contributed by atoms with E-state index in [9.17, 15) is 8.42 Å². The lowest BCUT2D eigenvalue weighted by Gasteiger charge is -2.15. The second-order valence-corrected chi connectivity index (χ2v) is 8.23. The molecule has 0 saturated heterocycles. The summed E-state index contributed by atoms with van der Waals surface area (Å²) < 4.78 is 26.2. The lowest BCUT2D eigenvalue weighted by Crippen LogP contribution is -2.27. The van der Waals surface area contributed by atoms with Crippen LogP contribution in [0.3, 0.4) is 0 Å². The Morgan fingerprint density at radius 2 is 2.00 bits per heavy atom. The Hall–Kier alpha value is -0.950. The summed E-state index contributed by atoms with van der Waals surface area (Å²) in [5, 5.41) is 0. The third-order valence-corrected chi connectivity index (χ3v) is 6.31. The summed E-state index contributed by atoms with van der Waals surface area (Å²) >= 11 is 6.66. The SMILES string of the molecule is CN(CCCc1ccccc1)S(=O)(=O)c1cnc(Cl)s1. The number of sulfonamides is 1. The van der Waals surface area contributed by atoms with E-state index in [2.05, 4.69) is 4.98 Å². The van der Waals surface area contributed by atoms with Crippen molar-refractivity contribution in [3.63, 3.8) is 0 Å². The molecule has 1 aromatic carbocycles. The monoisotopic (exact) mass is 330 g/mol. The van der Waals surface area contributed by atoms with E-state index in [1.165, 1.54) is 16.1 Å². The predicted molar refractivity (Wildman–Crippen MR) is 81.7 cm³/mol. The number of aromatic nitrogens is 1. The van der Waals surface area contributed by atoms with E-state index in [4.69, 9.17) is 11.6 Å². The van der Waals surface area contributed by atoms with E-state index < -0.39 is 10.0 Å². The molecule has 0 amide bonds. The quantitative estimate of drug-likeness (QED) is 0.818. The molecule has 4 nitrogen and oxygen atoms in total. The Morgan fingerprint density at radius 1 is 1.30 bits per heavy atom. The molecule has 0 bridgehead atoms. The lowest BCUT2D eigenvalue weighted by molar-refractivity contribution is 0.463. The third kappa shape index (κ3) is 3.79. The Kier molecular flexibility index (Phi) is 5.15. The van der Waals surface area contributed by atoms with Crippen LogP contribution in [0.4, 0.5) is 0 Å². The van der Waals surface area contributed by atoms with E-state index in [0.29, 0.717) is 6.54 Å². The second kappa shape index (κ2) is 6.67. The highest BCUT2D eigenvalue weighted by Crippen LogP contribution is 2.25. The van der Waals surface area contributed by atoms with Gasteiger partial charge in [0.25, 0.3) is 10.0 Å². The van der Waals surface area contributed by atoms with Crippen LogP contribution in [0, 0.1) is 0 Å². The van der Waals surface area contributed by atoms with Crippen molar-refractivity contribution in [2.24, 2.45) is 0 Å². The van der Waals surface area contributed by atoms with Gasteiger partial charge >= 0.3 is 0 Å². The van der Waals surface area contributed by atoms with Gasteiger partial charge in [-0.3, -0.25) is 0 Å². The first kappa shape index (κ1) is 15.4. The van der Waals surface area contributed by atoms with Crippen molar-refractivity contribution < 1.29 is 8.42 Å². The average molecular weight is 331 g/mol. The van der Waals surface area contributed by atoms with Crippen LogP contribution < -0.4 is 0 Å². The zero-order chi connectivity index (χ0) is 14.6. The normalized spacial score (nSPS) is 11.9. The minimum Gasteiger partial charge on any atom is -0.232 e. The van der Waals surface area contributed by atoms with E-state index in [-0.39, 0.29) is 8.68 Å². The van der Waals surface area contributed by atoms with Crippen LogP contribution in [0.5, 0.6) is 0 Å². The van der Waals surface area contributed by atoms with Crippen molar-refractivity contribution >= 4 is 33.0 Å². The molecule has 0 unspecified atom stereocenters. The number of hydrogen-bond acceptors (Lipinski definition) is 4. The summed E-state index contributed by atoms with van der Waals surface area (Å²) in [4.78, 5) is 3.77. The highest BCUT2D eigenvalue weighted by molar-refractivity contribution is 7.91. The van der Waals surface area contributed by atoms with Crippen LogP contribution in [0.2, 0.25) is 4.47 Å². The van der Waals surface area contributed by atoms with Crippen LogP contribution in [0.15, 0.2) is 40.7 Å². The highest BCUT2D eigenvalue weighted by Gasteiger charge is 2.22. The van der Waals surface area contributed by atoms with Crippen molar-refractivity contribution in [1.82, 2.24) is 9.29 Å². The number of rotatable bonds is 6. The van der Waals surface area contributed by atoms with Gasteiger partial charge in [0.05, 0.1) is 6.20 Å². The zero-order valence-electron chi connectivity index (χ0n) is 11.0. The molecule has 1 aromatic heterocycles. The maximum Gasteiger partial charge on any atom is 0.253 e. The summed E-state index contributed by atoms with van der Waals surface area (Å²) in [6.45, 7) is 0.465. The van der Waals surface area contributed by atoms with Gasteiger partial charge in [-0.05, 0) is 18.4 Å². The van der Waals surface area contributed by atoms with Crippen LogP contribution >= 0.6 is 22.9 Å². The van der Waals surface area contributed by atoms with Crippen molar-refractivity contribution in [2.75, 3.05) is 13.6 Å². The van der Waals surface area contributed by atoms with Crippen molar-refractivity contribution in [3.05, 3.63) is 46.6 Å². The number of benzene rings is 1. The van der Waals surface area contributed by atoms with Crippen LogP contribution in [0.25, 0.3) is 0 Å². The number of aryl methyl sites for hydroxylation is 1. The largest absolute Gasteiger partial charge is 0.253 e. The standard InChI is InChI=1S/C13H15ClN2O2S2/c1-16(9-5-8-11-6-3-2-4-7-11)20(17,18)12-10-15-13(14)19-12/h2-4,6-7,10H,5,8-9H2,1H3. The van der Waals surface area contributed by atoms with Gasteiger partial charge < -0.3 is 0 Å². The Bertz CT molecular complexity index is 656.